The Kier molecular flexibility index (Phi) is 8.60. The van der Waals surface area contributed by atoms with Crippen LogP contribution in [-0.4, -0.2) is 59.1 Å². The molecule has 3 unspecified atom stereocenters. The number of methoxy groups -OCH3 is 1. The van der Waals surface area contributed by atoms with Crippen LogP contribution in [-0.2, 0) is 11.2 Å². The minimum Gasteiger partial charge on any atom is -0.453 e. The Hall–Kier alpha value is -3.24. The zero-order chi connectivity index (χ0) is 26.5. The maximum absolute atomic E-state index is 12.7. The topological polar surface area (TPSA) is 128 Å². The zero-order valence-electron chi connectivity index (χ0n) is 22.0. The molecule has 3 atom stereocenters. The average Bonchev–Trinajstić information content (AvgIpc) is 3.25. The number of hydrogen-bond donors (Lipinski definition) is 4. The van der Waals surface area contributed by atoms with E-state index in [1.54, 1.807) is 12.1 Å². The minimum atomic E-state index is -0.864. The molecular weight excluding hydrogens is 472 g/mol. The number of ether oxygens (including phenoxy) is 1. The van der Waals surface area contributed by atoms with Crippen molar-refractivity contribution in [3.63, 3.8) is 0 Å². The second-order valence-electron chi connectivity index (χ2n) is 10.1. The van der Waals surface area contributed by atoms with Crippen molar-refractivity contribution in [2.24, 2.45) is 21.9 Å². The van der Waals surface area contributed by atoms with E-state index in [2.05, 4.69) is 40.8 Å². The first-order chi connectivity index (χ1) is 17.8. The third-order valence-corrected chi connectivity index (χ3v) is 7.48. The van der Waals surface area contributed by atoms with Crippen molar-refractivity contribution in [2.45, 2.75) is 77.7 Å². The third-order valence-electron chi connectivity index (χ3n) is 7.48. The van der Waals surface area contributed by atoms with Crippen molar-refractivity contribution in [1.82, 2.24) is 21.2 Å². The molecule has 0 radical (unpaired) electrons. The number of allylic oxidation sites excluding steroid dienone is 2. The summed E-state index contributed by atoms with van der Waals surface area (Å²) in [4.78, 5) is 28.9. The Bertz CT molecular complexity index is 1070. The summed E-state index contributed by atoms with van der Waals surface area (Å²) < 4.78 is 4.64. The Morgan fingerprint density at radius 2 is 1.86 bits per heavy atom. The van der Waals surface area contributed by atoms with Crippen molar-refractivity contribution in [3.8, 4) is 0 Å². The molecule has 0 bridgehead atoms. The number of rotatable bonds is 8. The van der Waals surface area contributed by atoms with Gasteiger partial charge in [-0.25, -0.2) is 15.2 Å². The minimum absolute atomic E-state index is 0.0108. The molecule has 2 heterocycles. The van der Waals surface area contributed by atoms with Crippen molar-refractivity contribution < 1.29 is 19.4 Å². The van der Waals surface area contributed by atoms with Crippen LogP contribution in [0.4, 0.5) is 4.79 Å². The summed E-state index contributed by atoms with van der Waals surface area (Å²) in [7, 11) is 1.34. The first kappa shape index (κ1) is 26.8. The van der Waals surface area contributed by atoms with Gasteiger partial charge in [-0.05, 0) is 82.1 Å². The smallest absolute Gasteiger partial charge is 0.407 e. The number of aliphatic hydroxyl groups is 1. The summed E-state index contributed by atoms with van der Waals surface area (Å²) in [5.74, 6) is -0.121. The lowest BCUT2D eigenvalue weighted by atomic mass is 9.85. The van der Waals surface area contributed by atoms with Crippen LogP contribution in [0.1, 0.15) is 68.8 Å². The van der Waals surface area contributed by atoms with Gasteiger partial charge in [0.15, 0.2) is 0 Å². The Morgan fingerprint density at radius 3 is 2.51 bits per heavy atom. The number of carbonyl (C=O) groups is 2. The second kappa shape index (κ2) is 11.9. The van der Waals surface area contributed by atoms with Crippen LogP contribution in [0.25, 0.3) is 0 Å². The zero-order valence-corrected chi connectivity index (χ0v) is 22.0. The number of aliphatic hydroxyl groups excluding tert-OH is 1. The van der Waals surface area contributed by atoms with Crippen LogP contribution in [0.3, 0.4) is 0 Å². The van der Waals surface area contributed by atoms with Crippen LogP contribution in [0.5, 0.6) is 0 Å². The molecule has 200 valence electrons. The number of amides is 2. The first-order valence-corrected chi connectivity index (χ1v) is 13.1. The quantitative estimate of drug-likeness (QED) is 0.314. The number of aliphatic imine (C=N–C) groups is 1. The Labute approximate surface area is 218 Å². The van der Waals surface area contributed by atoms with Gasteiger partial charge in [0.2, 0.25) is 0 Å². The van der Waals surface area contributed by atoms with Crippen molar-refractivity contribution >= 4 is 23.4 Å². The van der Waals surface area contributed by atoms with E-state index in [1.807, 2.05) is 24.1 Å². The summed E-state index contributed by atoms with van der Waals surface area (Å²) in [6.45, 7) is 6.21. The summed E-state index contributed by atoms with van der Waals surface area (Å²) in [6, 6.07) is 7.60. The van der Waals surface area contributed by atoms with Gasteiger partial charge < -0.3 is 15.2 Å². The fourth-order valence-electron chi connectivity index (χ4n) is 5.40. The molecule has 1 fully saturated rings. The number of hydrazine groups is 1. The molecule has 3 aliphatic rings. The molecule has 37 heavy (non-hydrogen) atoms. The van der Waals surface area contributed by atoms with Crippen molar-refractivity contribution in [3.05, 3.63) is 47.2 Å². The lowest BCUT2D eigenvalue weighted by Crippen LogP contribution is -2.49. The van der Waals surface area contributed by atoms with Gasteiger partial charge in [0.1, 0.15) is 12.4 Å². The molecule has 0 aromatic heterocycles. The van der Waals surface area contributed by atoms with Gasteiger partial charge in [0.25, 0.3) is 5.91 Å². The number of nitrogens with one attached hydrogen (secondary N) is 3. The molecule has 1 aliphatic carbocycles. The van der Waals surface area contributed by atoms with E-state index in [9.17, 15) is 14.7 Å². The number of hydrazone groups is 1. The summed E-state index contributed by atoms with van der Waals surface area (Å²) in [5.41, 5.74) is 10.3. The fraction of sp³-hybridized carbons (Fsp3) is 0.556. The van der Waals surface area contributed by atoms with E-state index in [-0.39, 0.29) is 30.0 Å². The molecule has 0 spiro atoms. The van der Waals surface area contributed by atoms with Gasteiger partial charge in [-0.2, -0.15) is 5.10 Å². The molecule has 4 rings (SSSR count). The van der Waals surface area contributed by atoms with Crippen LogP contribution in [0.2, 0.25) is 0 Å². The number of benzene rings is 1. The number of fused-ring (bicyclic) bond motifs is 1. The average molecular weight is 511 g/mol. The molecule has 2 aliphatic heterocycles. The predicted octanol–water partition coefficient (Wildman–Crippen LogP) is 3.10. The molecule has 10 nitrogen and oxygen atoms in total. The van der Waals surface area contributed by atoms with Crippen molar-refractivity contribution in [1.29, 1.82) is 0 Å². The molecule has 4 N–H and O–H groups in total. The number of carbonyl (C=O) groups excluding carboxylic acids is 2. The maximum Gasteiger partial charge on any atom is 0.407 e. The highest BCUT2D eigenvalue weighted by atomic mass is 16.5. The van der Waals surface area contributed by atoms with E-state index < -0.39 is 12.3 Å². The molecular formula is C27H38N6O4. The standard InChI is InChI=1S/C27H38N6O4/c1-5-23-22(24-28-16(2)14-17(3)33(24)32-23)15-18-6-8-19(9-7-18)25(34)30-31-26(35)20-10-12-21(13-11-20)29-27(36)37-4/h6-9,14,20-22,24,26,31,35H,5,10-13,15H2,1-4H3,(H,29,36)(H,30,34). The van der Waals surface area contributed by atoms with Crippen LogP contribution in [0.15, 0.2) is 46.1 Å². The lowest BCUT2D eigenvalue weighted by molar-refractivity contribution is 0.0353. The molecule has 0 saturated heterocycles. The lowest BCUT2D eigenvalue weighted by Gasteiger charge is -2.31. The molecule has 10 heteroatoms. The van der Waals surface area contributed by atoms with E-state index in [1.165, 1.54) is 7.11 Å². The molecule has 1 saturated carbocycles. The summed E-state index contributed by atoms with van der Waals surface area (Å²) >= 11 is 0. The SMILES string of the molecule is CCC1=NN2C(C)=CC(C)=NC2C1Cc1ccc(C(=O)NNC(O)C2CCC(NC(=O)OC)CC2)cc1. The van der Waals surface area contributed by atoms with E-state index in [0.29, 0.717) is 5.56 Å². The number of alkyl carbamates (subject to hydrolysis) is 1. The molecule has 1 aromatic carbocycles. The Balaban J connectivity index is 1.27. The Morgan fingerprint density at radius 1 is 1.16 bits per heavy atom. The highest BCUT2D eigenvalue weighted by molar-refractivity contribution is 5.96. The second-order valence-corrected chi connectivity index (χ2v) is 10.1. The third kappa shape index (κ3) is 6.37. The van der Waals surface area contributed by atoms with E-state index >= 15 is 0 Å². The highest BCUT2D eigenvalue weighted by Gasteiger charge is 2.38. The first-order valence-electron chi connectivity index (χ1n) is 13.1. The normalized spacial score (nSPS) is 25.9. The molecule has 1 aromatic rings. The van der Waals surface area contributed by atoms with Gasteiger partial charge in [0, 0.05) is 34.6 Å². The predicted molar refractivity (Wildman–Crippen MR) is 142 cm³/mol. The number of hydrogen-bond acceptors (Lipinski definition) is 8. The largest absolute Gasteiger partial charge is 0.453 e. The van der Waals surface area contributed by atoms with Crippen LogP contribution >= 0.6 is 0 Å². The van der Waals surface area contributed by atoms with Gasteiger partial charge in [0.05, 0.1) is 7.11 Å². The van der Waals surface area contributed by atoms with Gasteiger partial charge in [-0.1, -0.05) is 19.1 Å². The van der Waals surface area contributed by atoms with Gasteiger partial charge in [-0.15, -0.1) is 0 Å². The van der Waals surface area contributed by atoms with Crippen molar-refractivity contribution in [2.75, 3.05) is 7.11 Å². The van der Waals surface area contributed by atoms with Crippen LogP contribution in [0, 0.1) is 11.8 Å². The maximum atomic E-state index is 12.7. The van der Waals surface area contributed by atoms with Crippen LogP contribution < -0.4 is 16.2 Å². The van der Waals surface area contributed by atoms with E-state index in [4.69, 9.17) is 10.1 Å². The number of nitrogens with zero attached hydrogens (tertiary/aromatic N) is 3. The summed E-state index contributed by atoms with van der Waals surface area (Å²) in [5, 5.41) is 20.1. The summed E-state index contributed by atoms with van der Waals surface area (Å²) in [6.07, 6.45) is 5.37. The highest BCUT2D eigenvalue weighted by Crippen LogP contribution is 2.33. The van der Waals surface area contributed by atoms with E-state index in [0.717, 1.165) is 61.2 Å². The monoisotopic (exact) mass is 510 g/mol. The molecule has 2 amide bonds. The fourth-order valence-corrected chi connectivity index (χ4v) is 5.40. The van der Waals surface area contributed by atoms with Gasteiger partial charge in [-0.3, -0.25) is 15.2 Å². The van der Waals surface area contributed by atoms with Gasteiger partial charge >= 0.3 is 6.09 Å².